The van der Waals surface area contributed by atoms with E-state index < -0.39 is 5.60 Å². The van der Waals surface area contributed by atoms with Crippen molar-refractivity contribution in [2.45, 2.75) is 73.0 Å². The SMILES string of the molecule is CCNC(=NCc1cc(CC)no1)N1CCC(CN(CC)C(=O)OC(C)(C)C)CC1. The molecule has 30 heavy (non-hydrogen) atoms. The first-order valence-corrected chi connectivity index (χ1v) is 11.2. The van der Waals surface area contributed by atoms with E-state index in [1.165, 1.54) is 0 Å². The Morgan fingerprint density at radius 2 is 2.03 bits per heavy atom. The minimum atomic E-state index is -0.466. The van der Waals surface area contributed by atoms with Crippen LogP contribution >= 0.6 is 0 Å². The van der Waals surface area contributed by atoms with Crippen LogP contribution in [0.15, 0.2) is 15.6 Å². The van der Waals surface area contributed by atoms with Gasteiger partial charge in [-0.15, -0.1) is 0 Å². The van der Waals surface area contributed by atoms with Gasteiger partial charge in [-0.05, 0) is 59.8 Å². The van der Waals surface area contributed by atoms with Crippen molar-refractivity contribution < 1.29 is 14.1 Å². The lowest BCUT2D eigenvalue weighted by molar-refractivity contribution is 0.0214. The van der Waals surface area contributed by atoms with Crippen LogP contribution in [0.5, 0.6) is 0 Å². The van der Waals surface area contributed by atoms with Crippen molar-refractivity contribution in [1.29, 1.82) is 0 Å². The predicted molar refractivity (Wildman–Crippen MR) is 118 cm³/mol. The van der Waals surface area contributed by atoms with E-state index in [1.807, 2.05) is 38.7 Å². The second-order valence-electron chi connectivity index (χ2n) is 8.76. The molecule has 0 radical (unpaired) electrons. The normalized spacial score (nSPS) is 15.9. The number of hydrogen-bond donors (Lipinski definition) is 1. The number of guanidine groups is 1. The smallest absolute Gasteiger partial charge is 0.410 e. The van der Waals surface area contributed by atoms with Gasteiger partial charge >= 0.3 is 6.09 Å². The summed E-state index contributed by atoms with van der Waals surface area (Å²) in [6.45, 7) is 16.4. The Labute approximate surface area is 181 Å². The van der Waals surface area contributed by atoms with Gasteiger partial charge in [0.25, 0.3) is 0 Å². The molecule has 1 aromatic rings. The zero-order chi connectivity index (χ0) is 22.1. The van der Waals surface area contributed by atoms with Crippen molar-refractivity contribution in [2.24, 2.45) is 10.9 Å². The zero-order valence-electron chi connectivity index (χ0n) is 19.5. The topological polar surface area (TPSA) is 83.2 Å². The highest BCUT2D eigenvalue weighted by Crippen LogP contribution is 2.20. The van der Waals surface area contributed by atoms with Crippen molar-refractivity contribution in [2.75, 3.05) is 32.7 Å². The van der Waals surface area contributed by atoms with Crippen LogP contribution in [-0.2, 0) is 17.7 Å². The second-order valence-corrected chi connectivity index (χ2v) is 8.76. The van der Waals surface area contributed by atoms with Gasteiger partial charge in [-0.1, -0.05) is 12.1 Å². The minimum Gasteiger partial charge on any atom is -0.444 e. The fourth-order valence-corrected chi connectivity index (χ4v) is 3.47. The molecular weight excluding hydrogens is 382 g/mol. The Morgan fingerprint density at radius 3 is 2.57 bits per heavy atom. The average Bonchev–Trinajstić information content (AvgIpc) is 3.16. The monoisotopic (exact) mass is 421 g/mol. The Hall–Kier alpha value is -2.25. The van der Waals surface area contributed by atoms with Crippen LogP contribution in [-0.4, -0.2) is 65.3 Å². The van der Waals surface area contributed by atoms with Crippen LogP contribution in [0.4, 0.5) is 4.79 Å². The number of aliphatic imine (C=N–C) groups is 1. The molecule has 1 fully saturated rings. The molecular formula is C22H39N5O3. The number of nitrogens with one attached hydrogen (secondary N) is 1. The molecule has 1 saturated heterocycles. The lowest BCUT2D eigenvalue weighted by Crippen LogP contribution is -2.47. The van der Waals surface area contributed by atoms with Crippen LogP contribution in [0.3, 0.4) is 0 Å². The molecule has 2 heterocycles. The summed E-state index contributed by atoms with van der Waals surface area (Å²) in [6.07, 6.45) is 2.68. The molecule has 170 valence electrons. The molecule has 1 aliphatic rings. The minimum absolute atomic E-state index is 0.221. The average molecular weight is 422 g/mol. The summed E-state index contributed by atoms with van der Waals surface area (Å²) in [4.78, 5) is 21.3. The van der Waals surface area contributed by atoms with Crippen LogP contribution < -0.4 is 5.32 Å². The first kappa shape index (κ1) is 24.0. The highest BCUT2D eigenvalue weighted by Gasteiger charge is 2.27. The van der Waals surface area contributed by atoms with E-state index in [-0.39, 0.29) is 6.09 Å². The summed E-state index contributed by atoms with van der Waals surface area (Å²) in [6, 6.07) is 1.97. The maximum absolute atomic E-state index is 12.4. The summed E-state index contributed by atoms with van der Waals surface area (Å²) in [5.74, 6) is 2.16. The van der Waals surface area contributed by atoms with Gasteiger partial charge in [0.05, 0.1) is 5.69 Å². The first-order valence-electron chi connectivity index (χ1n) is 11.2. The number of nitrogens with zero attached hydrogens (tertiary/aromatic N) is 4. The quantitative estimate of drug-likeness (QED) is 0.534. The molecule has 0 aromatic carbocycles. The Bertz CT molecular complexity index is 687. The van der Waals surface area contributed by atoms with E-state index in [2.05, 4.69) is 29.2 Å². The predicted octanol–water partition coefficient (Wildman–Crippen LogP) is 3.67. The molecule has 2 rings (SSSR count). The molecule has 1 aromatic heterocycles. The number of likely N-dealkylation sites (tertiary alicyclic amines) is 1. The molecule has 1 amide bonds. The zero-order valence-corrected chi connectivity index (χ0v) is 19.5. The van der Waals surface area contributed by atoms with E-state index in [1.54, 1.807) is 0 Å². The number of hydrogen-bond acceptors (Lipinski definition) is 5. The molecule has 1 N–H and O–H groups in total. The van der Waals surface area contributed by atoms with Crippen molar-refractivity contribution in [3.05, 3.63) is 17.5 Å². The number of aryl methyl sites for hydroxylation is 1. The molecule has 0 bridgehead atoms. The molecule has 1 aliphatic heterocycles. The van der Waals surface area contributed by atoms with Crippen LogP contribution in [0.1, 0.15) is 65.8 Å². The van der Waals surface area contributed by atoms with Gasteiger partial charge in [0.2, 0.25) is 0 Å². The van der Waals surface area contributed by atoms with Crippen LogP contribution in [0.25, 0.3) is 0 Å². The van der Waals surface area contributed by atoms with Crippen molar-refractivity contribution >= 4 is 12.1 Å². The molecule has 0 spiro atoms. The van der Waals surface area contributed by atoms with Gasteiger partial charge < -0.3 is 24.4 Å². The van der Waals surface area contributed by atoms with E-state index in [0.717, 1.165) is 62.9 Å². The van der Waals surface area contributed by atoms with Gasteiger partial charge in [-0.3, -0.25) is 0 Å². The summed E-state index contributed by atoms with van der Waals surface area (Å²) >= 11 is 0. The first-order chi connectivity index (χ1) is 14.3. The summed E-state index contributed by atoms with van der Waals surface area (Å²) in [7, 11) is 0. The third-order valence-electron chi connectivity index (χ3n) is 5.12. The standard InChI is InChI=1S/C22H39N5O3/c1-7-18-14-19(30-25-18)15-24-20(23-8-2)27-12-10-17(11-13-27)16-26(9-3)21(28)29-22(4,5)6/h14,17H,7-13,15-16H2,1-6H3,(H,23,24). The van der Waals surface area contributed by atoms with Crippen molar-refractivity contribution in [3.63, 3.8) is 0 Å². The fourth-order valence-electron chi connectivity index (χ4n) is 3.47. The highest BCUT2D eigenvalue weighted by atomic mass is 16.6. The molecule has 0 aliphatic carbocycles. The third-order valence-corrected chi connectivity index (χ3v) is 5.12. The number of carbonyl (C=O) groups is 1. The molecule has 0 atom stereocenters. The molecule has 8 nitrogen and oxygen atoms in total. The van der Waals surface area contributed by atoms with E-state index in [0.29, 0.717) is 19.0 Å². The number of ether oxygens (including phenoxy) is 1. The largest absolute Gasteiger partial charge is 0.444 e. The van der Waals surface area contributed by atoms with Gasteiger partial charge in [-0.2, -0.15) is 0 Å². The number of carbonyl (C=O) groups excluding carboxylic acids is 1. The summed E-state index contributed by atoms with van der Waals surface area (Å²) in [5.41, 5.74) is 0.489. The van der Waals surface area contributed by atoms with Gasteiger partial charge in [0.1, 0.15) is 12.1 Å². The maximum atomic E-state index is 12.4. The third kappa shape index (κ3) is 7.54. The van der Waals surface area contributed by atoms with Gasteiger partial charge in [0, 0.05) is 38.8 Å². The lowest BCUT2D eigenvalue weighted by atomic mass is 9.96. The number of aromatic nitrogens is 1. The number of amides is 1. The van der Waals surface area contributed by atoms with Crippen molar-refractivity contribution in [1.82, 2.24) is 20.3 Å². The molecule has 8 heteroatoms. The Balaban J connectivity index is 1.89. The van der Waals surface area contributed by atoms with Gasteiger partial charge in [0.15, 0.2) is 11.7 Å². The molecule has 0 saturated carbocycles. The van der Waals surface area contributed by atoms with E-state index in [9.17, 15) is 4.79 Å². The molecule has 0 unspecified atom stereocenters. The van der Waals surface area contributed by atoms with E-state index >= 15 is 0 Å². The second kappa shape index (κ2) is 11.2. The number of rotatable bonds is 7. The van der Waals surface area contributed by atoms with Crippen LogP contribution in [0, 0.1) is 5.92 Å². The van der Waals surface area contributed by atoms with Crippen LogP contribution in [0.2, 0.25) is 0 Å². The lowest BCUT2D eigenvalue weighted by Gasteiger charge is -2.36. The summed E-state index contributed by atoms with van der Waals surface area (Å²) < 4.78 is 10.9. The highest BCUT2D eigenvalue weighted by molar-refractivity contribution is 5.80. The Kier molecular flexibility index (Phi) is 8.99. The maximum Gasteiger partial charge on any atom is 0.410 e. The van der Waals surface area contributed by atoms with Crippen molar-refractivity contribution in [3.8, 4) is 0 Å². The summed E-state index contributed by atoms with van der Waals surface area (Å²) in [5, 5.41) is 7.42. The van der Waals surface area contributed by atoms with Gasteiger partial charge in [-0.25, -0.2) is 9.79 Å². The van der Waals surface area contributed by atoms with E-state index in [4.69, 9.17) is 14.3 Å². The number of piperidine rings is 1. The Morgan fingerprint density at radius 1 is 1.33 bits per heavy atom. The fraction of sp³-hybridized carbons (Fsp3) is 0.773.